The number of rotatable bonds is 32. The smallest absolute Gasteiger partial charge is 0.169 e. The molecule has 3 aromatic carbocycles. The summed E-state index contributed by atoms with van der Waals surface area (Å²) in [7, 11) is 0. The second-order valence-corrected chi connectivity index (χ2v) is 19.4. The summed E-state index contributed by atoms with van der Waals surface area (Å²) in [6, 6.07) is 43.4. The number of ether oxygens (including phenoxy) is 2. The average molecular weight is 1300 g/mol. The summed E-state index contributed by atoms with van der Waals surface area (Å²) in [6.45, 7) is 10.3. The molecule has 6 nitrogen and oxygen atoms in total. The Morgan fingerprint density at radius 2 is 0.506 bits per heavy atom. The second-order valence-electron chi connectivity index (χ2n) is 19.4. The van der Waals surface area contributed by atoms with Gasteiger partial charge in [0.15, 0.2) is 49.6 Å². The first-order chi connectivity index (χ1) is 35.6. The highest BCUT2D eigenvalue weighted by Gasteiger charge is 2.09. The normalized spacial score (nSPS) is 10.7. The van der Waals surface area contributed by atoms with Gasteiger partial charge in [0.25, 0.3) is 0 Å². The van der Waals surface area contributed by atoms with Crippen molar-refractivity contribution < 1.29 is 95.7 Å². The van der Waals surface area contributed by atoms with E-state index in [1.807, 2.05) is 0 Å². The molecule has 0 aliphatic rings. The Bertz CT molecular complexity index is 2440. The molecule has 0 bridgehead atoms. The lowest BCUT2D eigenvalue weighted by molar-refractivity contribution is -0.697. The standard InChI is InChI=1S/C66H82N4O2.CH4.4BrH/c1-3-5-7-13-43-67-47-35-61(36-48-67)63-39-51-69(52-40-63)45-15-9-11-17-55-71-65-31-27-59(28-32-65)25-23-57-19-21-58(22-20-57)24-26-60-29-33-66(34-30-60)72-56-18-12-10-16-46-70-53-41-64(42-54-70)62-37-49-68(50-38-62)44-14-8-6-4-2;;;;;/h19-42,47-54H,3-18,43-46,55-56H2,1-2H3;1H4;4*1H/q+4;;;;;/p-4/b25-23-,26-24-;;;;;. The molecule has 4 aromatic heterocycles. The number of aryl methyl sites for hydroxylation is 4. The van der Waals surface area contributed by atoms with Crippen LogP contribution in [0, 0.1) is 0 Å². The van der Waals surface area contributed by atoms with E-state index in [4.69, 9.17) is 9.47 Å². The molecule has 414 valence electrons. The van der Waals surface area contributed by atoms with Crippen molar-refractivity contribution in [3.05, 3.63) is 193 Å². The van der Waals surface area contributed by atoms with Crippen LogP contribution in [0.1, 0.15) is 146 Å². The van der Waals surface area contributed by atoms with Gasteiger partial charge >= 0.3 is 0 Å². The van der Waals surface area contributed by atoms with Crippen LogP contribution >= 0.6 is 0 Å². The van der Waals surface area contributed by atoms with E-state index >= 15 is 0 Å². The van der Waals surface area contributed by atoms with Crippen LogP contribution < -0.4 is 95.7 Å². The monoisotopic (exact) mass is 1290 g/mol. The minimum atomic E-state index is 0. The lowest BCUT2D eigenvalue weighted by Crippen LogP contribution is -3.00. The predicted molar refractivity (Wildman–Crippen MR) is 305 cm³/mol. The Balaban J connectivity index is 0.00000406. The topological polar surface area (TPSA) is 34.0 Å². The fraction of sp³-hybridized carbons (Fsp3) is 0.373. The molecule has 0 N–H and O–H groups in total. The van der Waals surface area contributed by atoms with Gasteiger partial charge in [-0.2, -0.15) is 0 Å². The molecule has 0 saturated carbocycles. The highest BCUT2D eigenvalue weighted by atomic mass is 79.9. The zero-order valence-corrected chi connectivity index (χ0v) is 51.5. The molecule has 0 spiro atoms. The van der Waals surface area contributed by atoms with E-state index in [2.05, 4.69) is 227 Å². The molecule has 7 rings (SSSR count). The molecule has 77 heavy (non-hydrogen) atoms. The van der Waals surface area contributed by atoms with Crippen molar-refractivity contribution in [2.24, 2.45) is 0 Å². The van der Waals surface area contributed by atoms with Gasteiger partial charge < -0.3 is 77.4 Å². The van der Waals surface area contributed by atoms with Gasteiger partial charge in [0.1, 0.15) is 37.7 Å². The van der Waals surface area contributed by atoms with Gasteiger partial charge in [-0.1, -0.05) is 120 Å². The highest BCUT2D eigenvalue weighted by molar-refractivity contribution is 5.73. The summed E-state index contributed by atoms with van der Waals surface area (Å²) in [4.78, 5) is 0. The SMILES string of the molecule is C.CCCCCC[n+]1ccc(-c2cc[n+](CCCCCCOc3ccc(/C=C\c4ccc(/C=C\c5ccc(OCCCCCC[n+]6ccc(-c7cc[n+](CCCCCC)cc7)cc6)cc5)cc4)cc3)cc2)cc1.[Br-].[Br-].[Br-].[Br-]. The highest BCUT2D eigenvalue weighted by Crippen LogP contribution is 2.20. The summed E-state index contributed by atoms with van der Waals surface area (Å²) < 4.78 is 21.4. The number of pyridine rings is 4. The Hall–Kier alpha value is -4.74. The van der Waals surface area contributed by atoms with Crippen molar-refractivity contribution in [2.45, 2.75) is 150 Å². The molecule has 0 atom stereocenters. The molecule has 0 fully saturated rings. The van der Waals surface area contributed by atoms with Crippen molar-refractivity contribution >= 4 is 24.3 Å². The lowest BCUT2D eigenvalue weighted by Gasteiger charge is -2.06. The zero-order valence-electron chi connectivity index (χ0n) is 45.1. The molecule has 0 unspecified atom stereocenters. The Morgan fingerprint density at radius 1 is 0.286 bits per heavy atom. The number of benzene rings is 3. The van der Waals surface area contributed by atoms with E-state index in [0.29, 0.717) is 0 Å². The third-order valence-corrected chi connectivity index (χ3v) is 13.6. The Labute approximate surface area is 506 Å². The maximum absolute atomic E-state index is 6.07. The molecule has 0 amide bonds. The molecule has 4 heterocycles. The fourth-order valence-corrected chi connectivity index (χ4v) is 8.97. The molecule has 7 aromatic rings. The molecule has 0 radical (unpaired) electrons. The van der Waals surface area contributed by atoms with E-state index in [1.54, 1.807) is 0 Å². The fourth-order valence-electron chi connectivity index (χ4n) is 8.97. The third-order valence-electron chi connectivity index (χ3n) is 13.6. The molecular formula is C67H86Br4N4O2. The Morgan fingerprint density at radius 3 is 0.753 bits per heavy atom. The first-order valence-corrected chi connectivity index (χ1v) is 27.5. The number of aromatic nitrogens is 4. The van der Waals surface area contributed by atoms with Crippen LogP contribution in [0.25, 0.3) is 46.6 Å². The molecule has 10 heteroatoms. The van der Waals surface area contributed by atoms with Crippen LogP contribution in [-0.4, -0.2) is 13.2 Å². The van der Waals surface area contributed by atoms with Gasteiger partial charge in [-0.15, -0.1) is 0 Å². The molecule has 0 saturated heterocycles. The maximum atomic E-state index is 6.07. The lowest BCUT2D eigenvalue weighted by atomic mass is 10.1. The van der Waals surface area contributed by atoms with E-state index in [9.17, 15) is 0 Å². The number of hydrogen-bond donors (Lipinski definition) is 0. The van der Waals surface area contributed by atoms with Gasteiger partial charge in [0, 0.05) is 74.2 Å². The number of halogens is 4. The van der Waals surface area contributed by atoms with E-state index < -0.39 is 0 Å². The van der Waals surface area contributed by atoms with E-state index in [0.717, 1.165) is 74.9 Å². The Kier molecular flexibility index (Phi) is 35.9. The van der Waals surface area contributed by atoms with Gasteiger partial charge in [0.2, 0.25) is 0 Å². The number of nitrogens with zero attached hydrogens (tertiary/aromatic N) is 4. The van der Waals surface area contributed by atoms with Crippen LogP contribution in [0.15, 0.2) is 171 Å². The van der Waals surface area contributed by atoms with Gasteiger partial charge in [-0.05, 0) is 120 Å². The van der Waals surface area contributed by atoms with E-state index in [1.165, 1.54) is 123 Å². The molecule has 0 aliphatic carbocycles. The predicted octanol–water partition coefficient (Wildman–Crippen LogP) is 3.60. The van der Waals surface area contributed by atoms with Crippen molar-refractivity contribution in [2.75, 3.05) is 13.2 Å². The van der Waals surface area contributed by atoms with Gasteiger partial charge in [-0.3, -0.25) is 0 Å². The van der Waals surface area contributed by atoms with Crippen molar-refractivity contribution in [1.82, 2.24) is 0 Å². The minimum Gasteiger partial charge on any atom is -1.00 e. The number of hydrogen-bond acceptors (Lipinski definition) is 2. The summed E-state index contributed by atoms with van der Waals surface area (Å²) in [5.74, 6) is 1.86. The quantitative estimate of drug-likeness (QED) is 0.0368. The zero-order chi connectivity index (χ0) is 49.7. The van der Waals surface area contributed by atoms with Gasteiger partial charge in [0.05, 0.1) is 13.2 Å². The van der Waals surface area contributed by atoms with Gasteiger partial charge in [-0.25, -0.2) is 18.3 Å². The maximum Gasteiger partial charge on any atom is 0.169 e. The van der Waals surface area contributed by atoms with Crippen molar-refractivity contribution in [3.63, 3.8) is 0 Å². The number of unbranched alkanes of at least 4 members (excludes halogenated alkanes) is 12. The molecular weight excluding hydrogens is 1210 g/mol. The largest absolute Gasteiger partial charge is 1.00 e. The van der Waals surface area contributed by atoms with Crippen molar-refractivity contribution in [3.8, 4) is 33.8 Å². The first kappa shape index (κ1) is 68.4. The average Bonchev–Trinajstić information content (AvgIpc) is 3.43. The minimum absolute atomic E-state index is 0. The van der Waals surface area contributed by atoms with Crippen LogP contribution in [0.4, 0.5) is 0 Å². The summed E-state index contributed by atoms with van der Waals surface area (Å²) in [5, 5.41) is 0. The third kappa shape index (κ3) is 25.7. The van der Waals surface area contributed by atoms with Crippen LogP contribution in [-0.2, 0) is 26.2 Å². The molecule has 0 aliphatic heterocycles. The summed E-state index contributed by atoms with van der Waals surface area (Å²) in [6.07, 6.45) is 46.0. The summed E-state index contributed by atoms with van der Waals surface area (Å²) in [5.41, 5.74) is 9.76. The van der Waals surface area contributed by atoms with Crippen molar-refractivity contribution in [1.29, 1.82) is 0 Å². The summed E-state index contributed by atoms with van der Waals surface area (Å²) >= 11 is 0. The second kappa shape index (κ2) is 40.4. The van der Waals surface area contributed by atoms with Crippen LogP contribution in [0.5, 0.6) is 11.5 Å². The first-order valence-electron chi connectivity index (χ1n) is 27.5. The van der Waals surface area contributed by atoms with Crippen LogP contribution in [0.2, 0.25) is 0 Å². The van der Waals surface area contributed by atoms with Crippen LogP contribution in [0.3, 0.4) is 0 Å². The van der Waals surface area contributed by atoms with E-state index in [-0.39, 0.29) is 75.4 Å².